The fraction of sp³-hybridized carbons (Fsp3) is 0.200. The minimum Gasteiger partial charge on any atom is -0.309 e. The molecule has 0 aliphatic carbocycles. The monoisotopic (exact) mass is 281 g/mol. The van der Waals surface area contributed by atoms with Crippen molar-refractivity contribution >= 4 is 11.6 Å². The van der Waals surface area contributed by atoms with Crippen molar-refractivity contribution in [2.24, 2.45) is 0 Å². The van der Waals surface area contributed by atoms with Gasteiger partial charge in [-0.2, -0.15) is 0 Å². The summed E-state index contributed by atoms with van der Waals surface area (Å²) in [5.74, 6) is -0.660. The lowest BCUT2D eigenvalue weighted by atomic mass is 9.97. The van der Waals surface area contributed by atoms with Gasteiger partial charge in [0.1, 0.15) is 11.6 Å². The molecule has 0 saturated heterocycles. The fourth-order valence-corrected chi connectivity index (χ4v) is 2.38. The quantitative estimate of drug-likeness (QED) is 0.887. The molecule has 0 fully saturated rings. The Labute approximate surface area is 116 Å². The van der Waals surface area contributed by atoms with Gasteiger partial charge in [-0.1, -0.05) is 29.8 Å². The van der Waals surface area contributed by atoms with Crippen LogP contribution in [0.3, 0.4) is 0 Å². The van der Waals surface area contributed by atoms with Crippen molar-refractivity contribution in [2.45, 2.75) is 13.0 Å². The average molecular weight is 282 g/mol. The molecule has 0 heterocycles. The molecule has 0 aliphatic rings. The molecule has 0 amide bonds. The maximum atomic E-state index is 14.0. The smallest absolute Gasteiger partial charge is 0.129 e. The molecule has 0 bridgehead atoms. The van der Waals surface area contributed by atoms with Gasteiger partial charge in [-0.25, -0.2) is 8.78 Å². The third-order valence-electron chi connectivity index (χ3n) is 3.09. The Morgan fingerprint density at radius 3 is 2.42 bits per heavy atom. The van der Waals surface area contributed by atoms with E-state index in [1.807, 2.05) is 0 Å². The minimum atomic E-state index is -0.409. The summed E-state index contributed by atoms with van der Waals surface area (Å²) >= 11 is 6.07. The van der Waals surface area contributed by atoms with E-state index >= 15 is 0 Å². The number of nitrogens with one attached hydrogen (secondary N) is 1. The first-order valence-corrected chi connectivity index (χ1v) is 6.29. The van der Waals surface area contributed by atoms with Crippen molar-refractivity contribution in [2.75, 3.05) is 7.05 Å². The fourth-order valence-electron chi connectivity index (χ4n) is 2.11. The highest BCUT2D eigenvalue weighted by molar-refractivity contribution is 6.31. The van der Waals surface area contributed by atoms with E-state index in [1.54, 1.807) is 38.2 Å². The summed E-state index contributed by atoms with van der Waals surface area (Å²) in [6, 6.07) is 8.86. The highest BCUT2D eigenvalue weighted by atomic mass is 35.5. The lowest BCUT2D eigenvalue weighted by Crippen LogP contribution is -2.19. The Bertz CT molecular complexity index is 578. The maximum absolute atomic E-state index is 14.0. The molecule has 0 aromatic heterocycles. The molecule has 1 N–H and O–H groups in total. The first-order valence-electron chi connectivity index (χ1n) is 5.92. The highest BCUT2D eigenvalue weighted by Gasteiger charge is 2.19. The second-order valence-electron chi connectivity index (χ2n) is 4.37. The molecule has 4 heteroatoms. The van der Waals surface area contributed by atoms with Crippen molar-refractivity contribution in [3.05, 3.63) is 69.7 Å². The molecule has 1 nitrogen and oxygen atoms in total. The van der Waals surface area contributed by atoms with Crippen LogP contribution in [-0.4, -0.2) is 7.05 Å². The van der Waals surface area contributed by atoms with Gasteiger partial charge in [0.2, 0.25) is 0 Å². The van der Waals surface area contributed by atoms with E-state index in [0.717, 1.165) is 5.56 Å². The minimum absolute atomic E-state index is 0.279. The van der Waals surface area contributed by atoms with Crippen LogP contribution in [0.15, 0.2) is 36.4 Å². The van der Waals surface area contributed by atoms with Crippen molar-refractivity contribution in [3.63, 3.8) is 0 Å². The van der Waals surface area contributed by atoms with Crippen LogP contribution < -0.4 is 5.32 Å². The van der Waals surface area contributed by atoms with Crippen LogP contribution in [-0.2, 0) is 0 Å². The van der Waals surface area contributed by atoms with Crippen molar-refractivity contribution in [1.82, 2.24) is 5.32 Å². The van der Waals surface area contributed by atoms with Gasteiger partial charge in [0.25, 0.3) is 0 Å². The zero-order valence-corrected chi connectivity index (χ0v) is 11.4. The second kappa shape index (κ2) is 5.68. The Morgan fingerprint density at radius 2 is 1.84 bits per heavy atom. The molecule has 2 aromatic carbocycles. The van der Waals surface area contributed by atoms with Crippen molar-refractivity contribution < 1.29 is 8.78 Å². The molecule has 0 aliphatic heterocycles. The molecule has 0 saturated carbocycles. The standard InChI is InChI=1S/C15H14ClF2N/c1-9-8-10(6-7-12(9)17)15(19-2)14-11(16)4-3-5-13(14)18/h3-8,15,19H,1-2H3. The molecule has 0 radical (unpaired) electrons. The zero-order valence-electron chi connectivity index (χ0n) is 10.7. The van der Waals surface area contributed by atoms with Crippen LogP contribution >= 0.6 is 11.6 Å². The van der Waals surface area contributed by atoms with E-state index in [-0.39, 0.29) is 11.6 Å². The number of rotatable bonds is 3. The van der Waals surface area contributed by atoms with E-state index in [1.165, 1.54) is 12.1 Å². The van der Waals surface area contributed by atoms with Gasteiger partial charge in [0, 0.05) is 10.6 Å². The predicted molar refractivity (Wildman–Crippen MR) is 73.4 cm³/mol. The summed E-state index contributed by atoms with van der Waals surface area (Å²) in [4.78, 5) is 0. The van der Waals surface area contributed by atoms with E-state index in [9.17, 15) is 8.78 Å². The second-order valence-corrected chi connectivity index (χ2v) is 4.77. The topological polar surface area (TPSA) is 12.0 Å². The normalized spacial score (nSPS) is 12.5. The summed E-state index contributed by atoms with van der Waals surface area (Å²) in [6.07, 6.45) is 0. The summed E-state index contributed by atoms with van der Waals surface area (Å²) in [7, 11) is 1.71. The zero-order chi connectivity index (χ0) is 14.0. The SMILES string of the molecule is CNC(c1ccc(F)c(C)c1)c1c(F)cccc1Cl. The Balaban J connectivity index is 2.53. The molecular weight excluding hydrogens is 268 g/mol. The molecule has 1 atom stereocenters. The van der Waals surface area contributed by atoms with Gasteiger partial charge in [0.05, 0.1) is 6.04 Å². The Hall–Kier alpha value is -1.45. The molecule has 19 heavy (non-hydrogen) atoms. The molecular formula is C15H14ClF2N. The largest absolute Gasteiger partial charge is 0.309 e. The molecule has 100 valence electrons. The third-order valence-corrected chi connectivity index (χ3v) is 3.42. The van der Waals surface area contributed by atoms with Crippen molar-refractivity contribution in [3.8, 4) is 0 Å². The Kier molecular flexibility index (Phi) is 4.17. The number of aryl methyl sites for hydroxylation is 1. The molecule has 2 rings (SSSR count). The van der Waals surface area contributed by atoms with Gasteiger partial charge in [0.15, 0.2) is 0 Å². The third kappa shape index (κ3) is 2.77. The van der Waals surface area contributed by atoms with Crippen molar-refractivity contribution in [1.29, 1.82) is 0 Å². The number of hydrogen-bond donors (Lipinski definition) is 1. The molecule has 1 unspecified atom stereocenters. The van der Waals surface area contributed by atoms with Gasteiger partial charge in [-0.05, 0) is 43.3 Å². The summed E-state index contributed by atoms with van der Waals surface area (Å²) in [5.41, 5.74) is 1.66. The Morgan fingerprint density at radius 1 is 1.11 bits per heavy atom. The first-order chi connectivity index (χ1) is 9.04. The summed E-state index contributed by atoms with van der Waals surface area (Å²) < 4.78 is 27.3. The van der Waals surface area contributed by atoms with Crippen LogP contribution in [0.2, 0.25) is 5.02 Å². The summed E-state index contributed by atoms with van der Waals surface area (Å²) in [5, 5.41) is 3.36. The molecule has 2 aromatic rings. The van der Waals surface area contributed by atoms with Crippen LogP contribution in [0.1, 0.15) is 22.7 Å². The van der Waals surface area contributed by atoms with Gasteiger partial charge < -0.3 is 5.32 Å². The average Bonchev–Trinajstić information content (AvgIpc) is 2.37. The van der Waals surface area contributed by atoms with E-state index in [0.29, 0.717) is 16.1 Å². The molecule has 0 spiro atoms. The predicted octanol–water partition coefficient (Wildman–Crippen LogP) is 4.24. The van der Waals surface area contributed by atoms with E-state index in [2.05, 4.69) is 5.32 Å². The van der Waals surface area contributed by atoms with Crippen LogP contribution in [0, 0.1) is 18.6 Å². The van der Waals surface area contributed by atoms with Crippen LogP contribution in [0.25, 0.3) is 0 Å². The number of halogens is 3. The lowest BCUT2D eigenvalue weighted by Gasteiger charge is -2.19. The van der Waals surface area contributed by atoms with Gasteiger partial charge in [-0.3, -0.25) is 0 Å². The summed E-state index contributed by atoms with van der Waals surface area (Å²) in [6.45, 7) is 1.68. The van der Waals surface area contributed by atoms with Gasteiger partial charge >= 0.3 is 0 Å². The van der Waals surface area contributed by atoms with Crippen LogP contribution in [0.4, 0.5) is 8.78 Å². The number of benzene rings is 2. The van der Waals surface area contributed by atoms with E-state index < -0.39 is 6.04 Å². The van der Waals surface area contributed by atoms with E-state index in [4.69, 9.17) is 11.6 Å². The first kappa shape index (κ1) is 14.0. The highest BCUT2D eigenvalue weighted by Crippen LogP contribution is 2.31. The lowest BCUT2D eigenvalue weighted by molar-refractivity contribution is 0.574. The number of hydrogen-bond acceptors (Lipinski definition) is 1. The van der Waals surface area contributed by atoms with Crippen LogP contribution in [0.5, 0.6) is 0 Å². The van der Waals surface area contributed by atoms with Gasteiger partial charge in [-0.15, -0.1) is 0 Å². The maximum Gasteiger partial charge on any atom is 0.129 e.